The van der Waals surface area contributed by atoms with Crippen LogP contribution in [-0.2, 0) is 0 Å². The summed E-state index contributed by atoms with van der Waals surface area (Å²) in [7, 11) is -2.56. The predicted octanol–water partition coefficient (Wildman–Crippen LogP) is 1.10. The van der Waals surface area contributed by atoms with E-state index in [1.54, 1.807) is 6.92 Å². The third-order valence-electron chi connectivity index (χ3n) is 1.16. The van der Waals surface area contributed by atoms with Gasteiger partial charge in [0.15, 0.2) is 11.5 Å². The van der Waals surface area contributed by atoms with E-state index in [-0.39, 0.29) is 11.5 Å². The second kappa shape index (κ2) is 2.56. The highest BCUT2D eigenvalue weighted by molar-refractivity contribution is 5.40. The predicted molar refractivity (Wildman–Crippen MR) is 37.2 cm³/mol. The van der Waals surface area contributed by atoms with Gasteiger partial charge < -0.3 is 9.84 Å². The topological polar surface area (TPSA) is 42.4 Å². The van der Waals surface area contributed by atoms with Gasteiger partial charge in [0, 0.05) is 12.3 Å². The van der Waals surface area contributed by atoms with Gasteiger partial charge in [-0.25, -0.2) is 0 Å². The SMILES string of the molecule is [2H]C([2H])([2H])Oc1c(O)ccnc1C. The van der Waals surface area contributed by atoms with Crippen LogP contribution in [0, 0.1) is 6.92 Å². The second-order valence-corrected chi connectivity index (χ2v) is 1.85. The number of hydrogen-bond acceptors (Lipinski definition) is 3. The van der Waals surface area contributed by atoms with E-state index < -0.39 is 7.04 Å². The monoisotopic (exact) mass is 142 g/mol. The third-order valence-corrected chi connectivity index (χ3v) is 1.16. The van der Waals surface area contributed by atoms with Crippen molar-refractivity contribution >= 4 is 0 Å². The first-order valence-corrected chi connectivity index (χ1v) is 2.74. The Labute approximate surface area is 63.5 Å². The van der Waals surface area contributed by atoms with Gasteiger partial charge in [-0.3, -0.25) is 4.98 Å². The largest absolute Gasteiger partial charge is 0.504 e. The van der Waals surface area contributed by atoms with E-state index >= 15 is 0 Å². The van der Waals surface area contributed by atoms with Gasteiger partial charge in [-0.1, -0.05) is 0 Å². The van der Waals surface area contributed by atoms with Gasteiger partial charge in [0.1, 0.15) is 0 Å². The maximum atomic E-state index is 9.24. The minimum atomic E-state index is -2.56. The normalized spacial score (nSPS) is 15.1. The number of aromatic nitrogens is 1. The van der Waals surface area contributed by atoms with Crippen molar-refractivity contribution in [2.75, 3.05) is 7.04 Å². The van der Waals surface area contributed by atoms with Crippen LogP contribution in [0.15, 0.2) is 12.3 Å². The fourth-order valence-corrected chi connectivity index (χ4v) is 0.665. The summed E-state index contributed by atoms with van der Waals surface area (Å²) in [5.74, 6) is -0.314. The van der Waals surface area contributed by atoms with Gasteiger partial charge in [0.05, 0.1) is 16.8 Å². The van der Waals surface area contributed by atoms with Gasteiger partial charge in [-0.15, -0.1) is 0 Å². The zero-order valence-electron chi connectivity index (χ0n) is 8.46. The Morgan fingerprint density at radius 2 is 2.60 bits per heavy atom. The third kappa shape index (κ3) is 1.03. The zero-order chi connectivity index (χ0) is 10.1. The highest BCUT2D eigenvalue weighted by Crippen LogP contribution is 2.26. The summed E-state index contributed by atoms with van der Waals surface area (Å²) >= 11 is 0. The molecule has 1 N–H and O–H groups in total. The fourth-order valence-electron chi connectivity index (χ4n) is 0.665. The summed E-state index contributed by atoms with van der Waals surface area (Å²) in [6.45, 7) is 1.56. The van der Waals surface area contributed by atoms with Gasteiger partial charge >= 0.3 is 0 Å². The first kappa shape index (κ1) is 3.81. The van der Waals surface area contributed by atoms with Crippen LogP contribution in [0.25, 0.3) is 0 Å². The van der Waals surface area contributed by atoms with Crippen LogP contribution in [0.3, 0.4) is 0 Å². The molecule has 1 rings (SSSR count). The van der Waals surface area contributed by atoms with E-state index in [1.807, 2.05) is 0 Å². The highest BCUT2D eigenvalue weighted by atomic mass is 16.5. The van der Waals surface area contributed by atoms with Crippen LogP contribution < -0.4 is 4.74 Å². The maximum Gasteiger partial charge on any atom is 0.181 e. The summed E-state index contributed by atoms with van der Waals surface area (Å²) in [6, 6.07) is 1.27. The molecular formula is C7H9NO2. The number of methoxy groups -OCH3 is 1. The smallest absolute Gasteiger partial charge is 0.181 e. The highest BCUT2D eigenvalue weighted by Gasteiger charge is 2.02. The van der Waals surface area contributed by atoms with Crippen molar-refractivity contribution in [3.05, 3.63) is 18.0 Å². The lowest BCUT2D eigenvalue weighted by molar-refractivity contribution is 0.368. The molecule has 0 saturated carbocycles. The molecule has 1 aromatic rings. The van der Waals surface area contributed by atoms with Gasteiger partial charge in [-0.05, 0) is 6.92 Å². The number of aryl methyl sites for hydroxylation is 1. The second-order valence-electron chi connectivity index (χ2n) is 1.85. The van der Waals surface area contributed by atoms with Crippen molar-refractivity contribution in [1.82, 2.24) is 4.98 Å². The Bertz CT molecular complexity index is 291. The van der Waals surface area contributed by atoms with E-state index in [9.17, 15) is 5.11 Å². The molecule has 1 aromatic heterocycles. The van der Waals surface area contributed by atoms with Crippen LogP contribution in [0.4, 0.5) is 0 Å². The van der Waals surface area contributed by atoms with Crippen molar-refractivity contribution in [3.8, 4) is 11.5 Å². The molecule has 3 heteroatoms. The minimum Gasteiger partial charge on any atom is -0.504 e. The molecule has 0 amide bonds. The van der Waals surface area contributed by atoms with Crippen molar-refractivity contribution in [1.29, 1.82) is 0 Å². The molecule has 0 radical (unpaired) electrons. The summed E-state index contributed by atoms with van der Waals surface area (Å²) in [5.41, 5.74) is 0.344. The lowest BCUT2D eigenvalue weighted by atomic mass is 10.3. The molecule has 0 spiro atoms. The summed E-state index contributed by atoms with van der Waals surface area (Å²) in [4.78, 5) is 3.79. The Balaban J connectivity index is 3.00. The molecule has 1 heterocycles. The standard InChI is InChI=1S/C7H9NO2/c1-5-7(10-2)6(9)3-4-8-5/h3-4H,1-2H3,(H,8,9)/i2D3. The van der Waals surface area contributed by atoms with Crippen molar-refractivity contribution in [2.45, 2.75) is 6.92 Å². The molecule has 0 aliphatic carbocycles. The fraction of sp³-hybridized carbons (Fsp3) is 0.286. The molecule has 0 aliphatic rings. The zero-order valence-corrected chi connectivity index (χ0v) is 5.46. The average Bonchev–Trinajstić information content (AvgIpc) is 1.95. The Hall–Kier alpha value is -1.25. The molecule has 54 valence electrons. The molecule has 0 bridgehead atoms. The molecule has 0 aliphatic heterocycles. The minimum absolute atomic E-state index is 0.0949. The number of hydrogen-bond donors (Lipinski definition) is 1. The van der Waals surface area contributed by atoms with E-state index in [0.29, 0.717) is 5.69 Å². The summed E-state index contributed by atoms with van der Waals surface area (Å²) < 4.78 is 25.1. The first-order valence-electron chi connectivity index (χ1n) is 4.24. The van der Waals surface area contributed by atoms with Crippen molar-refractivity contribution < 1.29 is 14.0 Å². The van der Waals surface area contributed by atoms with E-state index in [4.69, 9.17) is 4.11 Å². The molecule has 0 fully saturated rings. The number of rotatable bonds is 1. The number of pyridine rings is 1. The van der Waals surface area contributed by atoms with Gasteiger partial charge in [-0.2, -0.15) is 0 Å². The molecule has 10 heavy (non-hydrogen) atoms. The number of ether oxygens (including phenoxy) is 1. The molecule has 0 aromatic carbocycles. The molecule has 0 atom stereocenters. The van der Waals surface area contributed by atoms with Crippen molar-refractivity contribution in [2.24, 2.45) is 0 Å². The maximum absolute atomic E-state index is 9.24. The Kier molecular flexibility index (Phi) is 0.974. The quantitative estimate of drug-likeness (QED) is 0.638. The lowest BCUT2D eigenvalue weighted by Crippen LogP contribution is -1.89. The molecule has 3 nitrogen and oxygen atoms in total. The van der Waals surface area contributed by atoms with Crippen LogP contribution in [0.5, 0.6) is 11.5 Å². The van der Waals surface area contributed by atoms with Crippen molar-refractivity contribution in [3.63, 3.8) is 0 Å². The van der Waals surface area contributed by atoms with E-state index in [0.717, 1.165) is 0 Å². The van der Waals surface area contributed by atoms with E-state index in [2.05, 4.69) is 9.72 Å². The molecular weight excluding hydrogens is 130 g/mol. The first-order chi connectivity index (χ1) is 5.90. The number of aromatic hydroxyl groups is 1. The van der Waals surface area contributed by atoms with Crippen LogP contribution in [0.1, 0.15) is 9.81 Å². The van der Waals surface area contributed by atoms with Gasteiger partial charge in [0.2, 0.25) is 0 Å². The van der Waals surface area contributed by atoms with Gasteiger partial charge in [0.25, 0.3) is 0 Å². The van der Waals surface area contributed by atoms with E-state index in [1.165, 1.54) is 12.3 Å². The summed E-state index contributed by atoms with van der Waals surface area (Å²) in [5, 5.41) is 9.24. The Morgan fingerprint density at radius 1 is 1.80 bits per heavy atom. The van der Waals surface area contributed by atoms with Crippen LogP contribution >= 0.6 is 0 Å². The number of nitrogens with zero attached hydrogens (tertiary/aromatic N) is 1. The molecule has 0 saturated heterocycles. The van der Waals surface area contributed by atoms with Crippen LogP contribution in [0.2, 0.25) is 0 Å². The Morgan fingerprint density at radius 3 is 3.20 bits per heavy atom. The van der Waals surface area contributed by atoms with Crippen LogP contribution in [-0.4, -0.2) is 17.1 Å². The summed E-state index contributed by atoms with van der Waals surface area (Å²) in [6.07, 6.45) is 1.37. The lowest BCUT2D eigenvalue weighted by Gasteiger charge is -2.03. The molecule has 0 unspecified atom stereocenters. The average molecular weight is 142 g/mol.